The molecular formula is C21H37IN4. The quantitative estimate of drug-likeness (QED) is 0.361. The fourth-order valence-electron chi connectivity index (χ4n) is 3.59. The lowest BCUT2D eigenvalue weighted by Crippen LogP contribution is -2.38. The summed E-state index contributed by atoms with van der Waals surface area (Å²) in [5.74, 6) is 1.80. The Labute approximate surface area is 177 Å². The van der Waals surface area contributed by atoms with Crippen molar-refractivity contribution in [3.05, 3.63) is 34.9 Å². The van der Waals surface area contributed by atoms with Gasteiger partial charge in [0.15, 0.2) is 5.96 Å². The largest absolute Gasteiger partial charge is 0.357 e. The molecule has 2 rings (SSSR count). The number of hydrogen-bond acceptors (Lipinski definition) is 2. The van der Waals surface area contributed by atoms with E-state index in [4.69, 9.17) is 4.99 Å². The summed E-state index contributed by atoms with van der Waals surface area (Å²) in [4.78, 5) is 7.20. The molecule has 0 atom stereocenters. The minimum atomic E-state index is 0. The molecule has 1 saturated heterocycles. The van der Waals surface area contributed by atoms with Gasteiger partial charge in [0.25, 0.3) is 0 Å². The molecule has 0 saturated carbocycles. The van der Waals surface area contributed by atoms with Gasteiger partial charge in [0, 0.05) is 19.6 Å². The van der Waals surface area contributed by atoms with Crippen LogP contribution in [-0.4, -0.2) is 50.6 Å². The highest BCUT2D eigenvalue weighted by Gasteiger charge is 2.15. The van der Waals surface area contributed by atoms with Gasteiger partial charge in [0.05, 0.1) is 0 Å². The molecule has 1 aliphatic heterocycles. The van der Waals surface area contributed by atoms with Crippen LogP contribution in [0.15, 0.2) is 23.2 Å². The molecule has 0 bridgehead atoms. The first-order chi connectivity index (χ1) is 12.1. The first-order valence-electron chi connectivity index (χ1n) is 9.84. The zero-order valence-corrected chi connectivity index (χ0v) is 19.3. The smallest absolute Gasteiger partial charge is 0.191 e. The van der Waals surface area contributed by atoms with Crippen LogP contribution in [0.25, 0.3) is 0 Å². The molecule has 1 aromatic rings. The van der Waals surface area contributed by atoms with E-state index in [1.165, 1.54) is 49.0 Å². The van der Waals surface area contributed by atoms with E-state index >= 15 is 0 Å². The first kappa shape index (κ1) is 23.2. The molecule has 148 valence electrons. The lowest BCUT2D eigenvalue weighted by Gasteiger charge is -2.28. The highest BCUT2D eigenvalue weighted by Crippen LogP contribution is 2.19. The Bertz CT molecular complexity index is 531. The lowest BCUT2D eigenvalue weighted by molar-refractivity contribution is 0.214. The Morgan fingerprint density at radius 3 is 2.38 bits per heavy atom. The fourth-order valence-corrected chi connectivity index (χ4v) is 3.59. The molecule has 2 N–H and O–H groups in total. The maximum Gasteiger partial charge on any atom is 0.191 e. The second-order valence-corrected chi connectivity index (χ2v) is 7.47. The number of guanidine groups is 1. The van der Waals surface area contributed by atoms with E-state index in [1.807, 2.05) is 0 Å². The minimum Gasteiger partial charge on any atom is -0.357 e. The van der Waals surface area contributed by atoms with Crippen molar-refractivity contribution < 1.29 is 0 Å². The number of aliphatic imine (C=N–C) groups is 1. The summed E-state index contributed by atoms with van der Waals surface area (Å²) in [5.41, 5.74) is 4.08. The number of hydrogen-bond donors (Lipinski definition) is 2. The van der Waals surface area contributed by atoms with Crippen LogP contribution in [0.5, 0.6) is 0 Å². The van der Waals surface area contributed by atoms with Crippen LogP contribution in [0.2, 0.25) is 0 Å². The molecule has 1 fully saturated rings. The zero-order chi connectivity index (χ0) is 18.1. The summed E-state index contributed by atoms with van der Waals surface area (Å²) in [7, 11) is 2.22. The normalized spacial score (nSPS) is 16.2. The maximum absolute atomic E-state index is 4.77. The number of piperidine rings is 1. The van der Waals surface area contributed by atoms with E-state index in [9.17, 15) is 0 Å². The van der Waals surface area contributed by atoms with Gasteiger partial charge in [0.1, 0.15) is 0 Å². The summed E-state index contributed by atoms with van der Waals surface area (Å²) >= 11 is 0. The van der Waals surface area contributed by atoms with E-state index in [2.05, 4.69) is 61.6 Å². The number of halogens is 1. The van der Waals surface area contributed by atoms with Crippen LogP contribution in [0.1, 0.15) is 42.9 Å². The van der Waals surface area contributed by atoms with E-state index in [1.54, 1.807) is 0 Å². The SMILES string of the molecule is CCNC(=NCCC1CCN(C)CC1)NCCc1cc(C)cc(C)c1.I. The highest BCUT2D eigenvalue weighted by atomic mass is 127. The first-order valence-corrected chi connectivity index (χ1v) is 9.84. The zero-order valence-electron chi connectivity index (χ0n) is 17.0. The van der Waals surface area contributed by atoms with Crippen molar-refractivity contribution >= 4 is 29.9 Å². The minimum absolute atomic E-state index is 0. The lowest BCUT2D eigenvalue weighted by atomic mass is 9.94. The number of nitrogens with one attached hydrogen (secondary N) is 2. The van der Waals surface area contributed by atoms with Crippen LogP contribution in [0.4, 0.5) is 0 Å². The summed E-state index contributed by atoms with van der Waals surface area (Å²) in [5, 5.41) is 6.85. The van der Waals surface area contributed by atoms with Gasteiger partial charge in [-0.2, -0.15) is 0 Å². The highest BCUT2D eigenvalue weighted by molar-refractivity contribution is 14.0. The molecule has 0 radical (unpaired) electrons. The maximum atomic E-state index is 4.77. The molecule has 1 aromatic carbocycles. The van der Waals surface area contributed by atoms with Crippen LogP contribution in [-0.2, 0) is 6.42 Å². The Balaban J connectivity index is 0.00000338. The third-order valence-electron chi connectivity index (χ3n) is 4.98. The Morgan fingerprint density at radius 2 is 1.77 bits per heavy atom. The predicted octanol–water partition coefficient (Wildman–Crippen LogP) is 3.75. The second-order valence-electron chi connectivity index (χ2n) is 7.47. The molecule has 0 aliphatic carbocycles. The summed E-state index contributed by atoms with van der Waals surface area (Å²) in [6, 6.07) is 6.78. The molecule has 4 nitrogen and oxygen atoms in total. The number of nitrogens with zero attached hydrogens (tertiary/aromatic N) is 2. The summed E-state index contributed by atoms with van der Waals surface area (Å²) in [6.45, 7) is 11.7. The second kappa shape index (κ2) is 12.5. The third kappa shape index (κ3) is 8.71. The molecule has 26 heavy (non-hydrogen) atoms. The van der Waals surface area contributed by atoms with E-state index in [0.717, 1.165) is 37.9 Å². The van der Waals surface area contributed by atoms with Crippen LogP contribution in [0, 0.1) is 19.8 Å². The van der Waals surface area contributed by atoms with Crippen molar-refractivity contribution in [2.45, 2.75) is 46.5 Å². The van der Waals surface area contributed by atoms with Gasteiger partial charge >= 0.3 is 0 Å². The van der Waals surface area contributed by atoms with Gasteiger partial charge in [-0.15, -0.1) is 24.0 Å². The van der Waals surface area contributed by atoms with Gasteiger partial charge < -0.3 is 15.5 Å². The fraction of sp³-hybridized carbons (Fsp3) is 0.667. The number of benzene rings is 1. The van der Waals surface area contributed by atoms with Gasteiger partial charge in [-0.1, -0.05) is 29.3 Å². The van der Waals surface area contributed by atoms with Crippen LogP contribution < -0.4 is 10.6 Å². The van der Waals surface area contributed by atoms with Gasteiger partial charge in [-0.05, 0) is 78.1 Å². The monoisotopic (exact) mass is 472 g/mol. The van der Waals surface area contributed by atoms with E-state index in [-0.39, 0.29) is 24.0 Å². The number of aryl methyl sites for hydroxylation is 2. The van der Waals surface area contributed by atoms with Crippen molar-refractivity contribution in [1.29, 1.82) is 0 Å². The van der Waals surface area contributed by atoms with Crippen LogP contribution >= 0.6 is 24.0 Å². The topological polar surface area (TPSA) is 39.7 Å². The van der Waals surface area contributed by atoms with Crippen molar-refractivity contribution in [2.75, 3.05) is 39.8 Å². The third-order valence-corrected chi connectivity index (χ3v) is 4.98. The number of rotatable bonds is 7. The molecule has 0 spiro atoms. The molecule has 1 heterocycles. The standard InChI is InChI=1S/C21H36N4.HI/c1-5-22-21(23-10-6-19-8-12-25(4)13-9-19)24-11-7-20-15-17(2)14-18(3)16-20;/h14-16,19H,5-13H2,1-4H3,(H2,22,23,24);1H. The molecule has 0 unspecified atom stereocenters. The Hall–Kier alpha value is -0.820. The van der Waals surface area contributed by atoms with Gasteiger partial charge in [0.2, 0.25) is 0 Å². The average Bonchev–Trinajstić information content (AvgIpc) is 2.56. The molecule has 5 heteroatoms. The molecular weight excluding hydrogens is 435 g/mol. The number of likely N-dealkylation sites (tertiary alicyclic amines) is 1. The van der Waals surface area contributed by atoms with Crippen molar-refractivity contribution in [3.8, 4) is 0 Å². The molecule has 1 aliphatic rings. The Morgan fingerprint density at radius 1 is 1.12 bits per heavy atom. The summed E-state index contributed by atoms with van der Waals surface area (Å²) in [6.07, 6.45) is 4.88. The van der Waals surface area contributed by atoms with Crippen molar-refractivity contribution in [1.82, 2.24) is 15.5 Å². The molecule has 0 amide bonds. The van der Waals surface area contributed by atoms with Gasteiger partial charge in [-0.25, -0.2) is 0 Å². The average molecular weight is 472 g/mol. The summed E-state index contributed by atoms with van der Waals surface area (Å²) < 4.78 is 0. The molecule has 0 aromatic heterocycles. The van der Waals surface area contributed by atoms with E-state index in [0.29, 0.717) is 0 Å². The predicted molar refractivity (Wildman–Crippen MR) is 124 cm³/mol. The van der Waals surface area contributed by atoms with Gasteiger partial charge in [-0.3, -0.25) is 4.99 Å². The van der Waals surface area contributed by atoms with Crippen molar-refractivity contribution in [3.63, 3.8) is 0 Å². The van der Waals surface area contributed by atoms with E-state index < -0.39 is 0 Å². The Kier molecular flexibility index (Phi) is 11.2. The van der Waals surface area contributed by atoms with Crippen molar-refractivity contribution in [2.24, 2.45) is 10.9 Å². The van der Waals surface area contributed by atoms with Crippen LogP contribution in [0.3, 0.4) is 0 Å².